The van der Waals surface area contributed by atoms with Crippen LogP contribution in [-0.4, -0.2) is 49.3 Å². The Morgan fingerprint density at radius 2 is 2.36 bits per heavy atom. The Labute approximate surface area is 85.8 Å². The van der Waals surface area contributed by atoms with Crippen molar-refractivity contribution >= 4 is 0 Å². The molecule has 3 heteroatoms. The number of hydrogen-bond acceptors (Lipinski definition) is 3. The van der Waals surface area contributed by atoms with Gasteiger partial charge in [0.1, 0.15) is 0 Å². The molecule has 1 aliphatic carbocycles. The Morgan fingerprint density at radius 3 is 2.79 bits per heavy atom. The monoisotopic (exact) mass is 196 g/mol. The largest absolute Gasteiger partial charge is 0.375 e. The maximum atomic E-state index is 5.62. The molecule has 0 amide bonds. The molecule has 3 aliphatic rings. The van der Waals surface area contributed by atoms with Gasteiger partial charge >= 0.3 is 0 Å². The second kappa shape index (κ2) is 3.19. The van der Waals surface area contributed by atoms with Gasteiger partial charge in [-0.3, -0.25) is 4.90 Å². The van der Waals surface area contributed by atoms with E-state index in [-0.39, 0.29) is 0 Å². The smallest absolute Gasteiger partial charge is 0.0718 e. The number of morpholine rings is 1. The summed E-state index contributed by atoms with van der Waals surface area (Å²) in [6, 6.07) is 0.728. The summed E-state index contributed by atoms with van der Waals surface area (Å²) >= 11 is 0. The third-order valence-corrected chi connectivity index (χ3v) is 4.36. The first kappa shape index (κ1) is 9.13. The van der Waals surface area contributed by atoms with Crippen molar-refractivity contribution in [3.8, 4) is 0 Å². The molecule has 2 bridgehead atoms. The van der Waals surface area contributed by atoms with Crippen LogP contribution >= 0.6 is 0 Å². The van der Waals surface area contributed by atoms with Crippen molar-refractivity contribution in [2.24, 2.45) is 0 Å². The van der Waals surface area contributed by atoms with Gasteiger partial charge in [0.25, 0.3) is 0 Å². The highest BCUT2D eigenvalue weighted by molar-refractivity contribution is 5.01. The highest BCUT2D eigenvalue weighted by atomic mass is 16.5. The van der Waals surface area contributed by atoms with Crippen molar-refractivity contribution in [1.29, 1.82) is 0 Å². The van der Waals surface area contributed by atoms with Crippen LogP contribution in [0.25, 0.3) is 0 Å². The molecule has 14 heavy (non-hydrogen) atoms. The fraction of sp³-hybridized carbons (Fsp3) is 1.00. The van der Waals surface area contributed by atoms with Crippen molar-refractivity contribution in [2.45, 2.75) is 43.4 Å². The standard InChI is InChI=1S/C11H20N2O/c1-12-11(3-2-4-11)8-13-6-10-5-9(13)7-14-10/h9-10,12H,2-8H2,1H3. The molecule has 2 saturated heterocycles. The molecule has 80 valence electrons. The first-order valence-electron chi connectivity index (χ1n) is 5.86. The van der Waals surface area contributed by atoms with Crippen LogP contribution in [0.4, 0.5) is 0 Å². The van der Waals surface area contributed by atoms with Gasteiger partial charge in [0.15, 0.2) is 0 Å². The summed E-state index contributed by atoms with van der Waals surface area (Å²) in [4.78, 5) is 2.64. The van der Waals surface area contributed by atoms with Gasteiger partial charge in [0.05, 0.1) is 12.7 Å². The third-order valence-electron chi connectivity index (χ3n) is 4.36. The van der Waals surface area contributed by atoms with E-state index in [4.69, 9.17) is 4.74 Å². The summed E-state index contributed by atoms with van der Waals surface area (Å²) in [7, 11) is 2.12. The Kier molecular flexibility index (Phi) is 2.08. The summed E-state index contributed by atoms with van der Waals surface area (Å²) in [5.74, 6) is 0. The van der Waals surface area contributed by atoms with Gasteiger partial charge in [-0.25, -0.2) is 0 Å². The molecular weight excluding hydrogens is 176 g/mol. The van der Waals surface area contributed by atoms with Crippen LogP contribution in [0.3, 0.4) is 0 Å². The predicted octanol–water partition coefficient (Wildman–Crippen LogP) is 0.602. The van der Waals surface area contributed by atoms with E-state index in [0.29, 0.717) is 11.6 Å². The molecule has 3 rings (SSSR count). The number of nitrogens with one attached hydrogen (secondary N) is 1. The maximum Gasteiger partial charge on any atom is 0.0718 e. The minimum Gasteiger partial charge on any atom is -0.375 e. The third kappa shape index (κ3) is 1.30. The number of rotatable bonds is 3. The molecule has 3 fully saturated rings. The molecule has 1 saturated carbocycles. The summed E-state index contributed by atoms with van der Waals surface area (Å²) in [5, 5.41) is 3.52. The minimum atomic E-state index is 0.449. The van der Waals surface area contributed by atoms with Gasteiger partial charge < -0.3 is 10.1 Å². The summed E-state index contributed by atoms with van der Waals surface area (Å²) in [6.45, 7) is 3.40. The molecule has 2 aliphatic heterocycles. The lowest BCUT2D eigenvalue weighted by Crippen LogP contribution is -2.58. The quantitative estimate of drug-likeness (QED) is 0.715. The Balaban J connectivity index is 1.62. The highest BCUT2D eigenvalue weighted by Gasteiger charge is 2.44. The van der Waals surface area contributed by atoms with Gasteiger partial charge in [0, 0.05) is 24.7 Å². The lowest BCUT2D eigenvalue weighted by molar-refractivity contribution is 0.00790. The number of fused-ring (bicyclic) bond motifs is 2. The summed E-state index contributed by atoms with van der Waals surface area (Å²) in [6.07, 6.45) is 5.95. The highest BCUT2D eigenvalue weighted by Crippen LogP contribution is 2.36. The molecule has 2 atom stereocenters. The zero-order valence-electron chi connectivity index (χ0n) is 8.96. The van der Waals surface area contributed by atoms with Crippen LogP contribution in [0, 0.1) is 0 Å². The maximum absolute atomic E-state index is 5.62. The van der Waals surface area contributed by atoms with Crippen molar-refractivity contribution in [3.05, 3.63) is 0 Å². The lowest BCUT2D eigenvalue weighted by atomic mass is 9.76. The van der Waals surface area contributed by atoms with Gasteiger partial charge in [-0.1, -0.05) is 0 Å². The number of likely N-dealkylation sites (N-methyl/N-ethyl adjacent to an activating group) is 1. The fourth-order valence-corrected chi connectivity index (χ4v) is 3.15. The molecule has 1 N–H and O–H groups in total. The molecule has 2 unspecified atom stereocenters. The topological polar surface area (TPSA) is 24.5 Å². The van der Waals surface area contributed by atoms with E-state index in [2.05, 4.69) is 17.3 Å². The average Bonchev–Trinajstić information content (AvgIpc) is 2.72. The van der Waals surface area contributed by atoms with E-state index in [1.165, 1.54) is 38.8 Å². The molecular formula is C11H20N2O. The molecule has 0 aromatic heterocycles. The van der Waals surface area contributed by atoms with E-state index in [1.807, 2.05) is 0 Å². The Hall–Kier alpha value is -0.120. The van der Waals surface area contributed by atoms with E-state index < -0.39 is 0 Å². The second-order valence-corrected chi connectivity index (χ2v) is 5.16. The van der Waals surface area contributed by atoms with Crippen molar-refractivity contribution in [2.75, 3.05) is 26.7 Å². The molecule has 0 spiro atoms. The second-order valence-electron chi connectivity index (χ2n) is 5.16. The number of hydrogen-bond donors (Lipinski definition) is 1. The number of nitrogens with zero attached hydrogens (tertiary/aromatic N) is 1. The van der Waals surface area contributed by atoms with Gasteiger partial charge in [-0.15, -0.1) is 0 Å². The first-order valence-corrected chi connectivity index (χ1v) is 5.86. The van der Waals surface area contributed by atoms with E-state index in [9.17, 15) is 0 Å². The van der Waals surface area contributed by atoms with Crippen molar-refractivity contribution in [1.82, 2.24) is 10.2 Å². The summed E-state index contributed by atoms with van der Waals surface area (Å²) in [5.41, 5.74) is 0.449. The fourth-order valence-electron chi connectivity index (χ4n) is 3.15. The van der Waals surface area contributed by atoms with Crippen molar-refractivity contribution < 1.29 is 4.74 Å². The van der Waals surface area contributed by atoms with Gasteiger partial charge in [-0.05, 0) is 32.7 Å². The predicted molar refractivity (Wildman–Crippen MR) is 55.4 cm³/mol. The van der Waals surface area contributed by atoms with E-state index in [0.717, 1.165) is 12.6 Å². The van der Waals surface area contributed by atoms with Gasteiger partial charge in [-0.2, -0.15) is 0 Å². The van der Waals surface area contributed by atoms with Crippen molar-refractivity contribution in [3.63, 3.8) is 0 Å². The Bertz CT molecular complexity index is 222. The summed E-state index contributed by atoms with van der Waals surface area (Å²) < 4.78 is 5.62. The first-order chi connectivity index (χ1) is 6.81. The van der Waals surface area contributed by atoms with Crippen LogP contribution in [0.2, 0.25) is 0 Å². The minimum absolute atomic E-state index is 0.449. The van der Waals surface area contributed by atoms with Crippen LogP contribution in [-0.2, 0) is 4.74 Å². The zero-order chi connectivity index (χ0) is 9.60. The van der Waals surface area contributed by atoms with Crippen LogP contribution in [0.5, 0.6) is 0 Å². The van der Waals surface area contributed by atoms with Crippen LogP contribution in [0.1, 0.15) is 25.7 Å². The van der Waals surface area contributed by atoms with E-state index in [1.54, 1.807) is 0 Å². The molecule has 2 heterocycles. The van der Waals surface area contributed by atoms with E-state index >= 15 is 0 Å². The van der Waals surface area contributed by atoms with Crippen LogP contribution in [0.15, 0.2) is 0 Å². The Morgan fingerprint density at radius 1 is 1.50 bits per heavy atom. The van der Waals surface area contributed by atoms with Gasteiger partial charge in [0.2, 0.25) is 0 Å². The van der Waals surface area contributed by atoms with Crippen LogP contribution < -0.4 is 5.32 Å². The zero-order valence-corrected chi connectivity index (χ0v) is 8.96. The number of ether oxygens (including phenoxy) is 1. The lowest BCUT2D eigenvalue weighted by Gasteiger charge is -2.46. The molecule has 0 aromatic rings. The molecule has 0 aromatic carbocycles. The number of likely N-dealkylation sites (tertiary alicyclic amines) is 1. The molecule has 3 nitrogen and oxygen atoms in total. The average molecular weight is 196 g/mol. The SMILES string of the molecule is CNC1(CN2CC3CC2CO3)CCC1. The molecule has 0 radical (unpaired) electrons. The normalized spacial score (nSPS) is 40.1.